The summed E-state index contributed by atoms with van der Waals surface area (Å²) in [4.78, 5) is 26.7. The molecule has 108 heteroatoms. The Hall–Kier alpha value is 63.3. The molecule has 0 heterocycles. The van der Waals surface area contributed by atoms with Gasteiger partial charge in [0.05, 0.1) is 0 Å². The van der Waals surface area contributed by atoms with Crippen molar-refractivity contribution in [3.05, 3.63) is 13.2 Å². The number of hydrogen-bond acceptors (Lipinski definition) is 3. The normalized spacial score (nSPS) is 0.807. The minimum atomic E-state index is -0.833. The van der Waals surface area contributed by atoms with E-state index in [0.717, 1.165) is 6.92 Å². The maximum atomic E-state index is 9.37. The number of carbonyl (C=O) groups is 3. The number of carboxylic acid groups (broad SMARTS) is 3. The van der Waals surface area contributed by atoms with E-state index in [1.165, 1.54) is 6.42 Å². The van der Waals surface area contributed by atoms with Crippen LogP contribution in [0.5, 0.6) is 0 Å². The van der Waals surface area contributed by atoms with Crippen LogP contribution < -0.4 is 0 Å². The first-order valence-corrected chi connectivity index (χ1v) is 4.82. The van der Waals surface area contributed by atoms with Gasteiger partial charge in [-0.1, -0.05) is 27.2 Å². The Bertz CT molecular complexity index is 312. The van der Waals surface area contributed by atoms with Crippen LogP contribution in [-0.2, 0) is 2040 Å². The first-order valence-electron chi connectivity index (χ1n) is 4.82. The molecule has 0 unspecified atom stereocenters. The molecule has 0 saturated carbocycles. The molecular weight excluding hydrogens is 15100 g/mol. The number of aliphatic carboxylic acids is 2. The maximum Gasteiger partial charge on any atom is 0.303 e. The molecule has 0 aromatic carbocycles. The third-order valence-electron chi connectivity index (χ3n) is 0.302. The van der Waals surface area contributed by atoms with E-state index in [-0.39, 0.29) is 2040 Å². The van der Waals surface area contributed by atoms with Crippen molar-refractivity contribution < 1.29 is 2060 Å². The summed E-state index contributed by atoms with van der Waals surface area (Å²) in [6, 6.07) is 0. The van der Waals surface area contributed by atoms with Crippen LogP contribution in [0.2, 0.25) is 0 Å². The molecule has 0 saturated heterocycles. The van der Waals surface area contributed by atoms with Gasteiger partial charge in [-0.25, -0.2) is 0 Å². The zero-order valence-corrected chi connectivity index (χ0v) is 295. The molecule has 3 N–H and O–H groups in total. The molecule has 0 fully saturated rings. The molecule has 0 bridgehead atoms. The van der Waals surface area contributed by atoms with Crippen LogP contribution in [0.4, 0.5) is 0 Å². The van der Waals surface area contributed by atoms with E-state index in [1.807, 2.05) is 0 Å². The summed E-state index contributed by atoms with van der Waals surface area (Å²) in [6.45, 7) is 12.7. The molecule has 6 nitrogen and oxygen atoms in total. The average molecular weight is 15200 g/mol. The Kier molecular flexibility index (Phi) is 10000. The van der Waals surface area contributed by atoms with E-state index in [1.54, 1.807) is 6.92 Å². The standard InChI is InChI=1S/C3H6O2.C3H8.C2H4O2.C2H4.CH2O2.30Fe.72W/c1-2-3(4)5;1-3-2;1-2(3)4;1-2;2-1-3;;;;;;;;;;;;;;;;;;;;;;;;;;;;;;;;;;;;;;;;;;;;;;;;;;;;;;;;;;;;;;;;;;;;;;;;;;;;;;;;;;;;;;;;;;;;;;;;;;;;;;/h2H2,1H3,(H,4,5);3H2,1-2H3;1H3,(H,3,4);1-2H2;1H,(H,2,3);;;;;;;;;;;;;;;;;;;;;;;;;;;;;;;;;;;;;;;;;;;;;;;;;;;;;;;;;;;;;;;;;;;;;;;;;;;;;;;;;;;;;;;;;;;;;;;;;;;;;;. The fraction of sp³-hybridized carbons (Fsp3) is 0.545. The molecular formula is C11H24Fe30O6W72. The third-order valence-corrected chi connectivity index (χ3v) is 0.302. The Morgan fingerprint density at radius 1 is 0.176 bits per heavy atom. The zero-order chi connectivity index (χ0) is 15.3. The van der Waals surface area contributed by atoms with Crippen LogP contribution >= 0.6 is 0 Å². The molecule has 0 aliphatic heterocycles. The molecule has 0 radical (unpaired) electrons. The summed E-state index contributed by atoms with van der Waals surface area (Å²) >= 11 is 0. The van der Waals surface area contributed by atoms with Crippen molar-refractivity contribution in [3.8, 4) is 0 Å². The predicted octanol–water partition coefficient (Wildman–Crippen LogP) is 2.24. The quantitative estimate of drug-likeness (QED) is 0.211. The van der Waals surface area contributed by atoms with E-state index in [2.05, 4.69) is 27.0 Å². The first-order chi connectivity index (χ1) is 7.83. The molecule has 0 aliphatic carbocycles. The van der Waals surface area contributed by atoms with Gasteiger partial charge in [0.25, 0.3) is 12.4 Å². The fourth-order valence-corrected chi connectivity index (χ4v) is 0. The maximum absolute atomic E-state index is 9.37. The second kappa shape index (κ2) is 1130. The van der Waals surface area contributed by atoms with Gasteiger partial charge in [-0.05, 0) is 0 Å². The Balaban J connectivity index is -0.000000000119. The van der Waals surface area contributed by atoms with Gasteiger partial charge in [0.15, 0.2) is 0 Å². The van der Waals surface area contributed by atoms with Gasteiger partial charge in [-0.3, -0.25) is 14.4 Å². The summed E-state index contributed by atoms with van der Waals surface area (Å²) in [5, 5.41) is 22.0. The third kappa shape index (κ3) is 1370. The Labute approximate surface area is 2070 Å². The van der Waals surface area contributed by atoms with Crippen LogP contribution in [0.15, 0.2) is 13.2 Å². The van der Waals surface area contributed by atoms with Crippen LogP contribution in [0.25, 0.3) is 0 Å². The van der Waals surface area contributed by atoms with E-state index in [4.69, 9.17) is 24.9 Å². The van der Waals surface area contributed by atoms with Crippen molar-refractivity contribution in [3.63, 3.8) is 0 Å². The van der Waals surface area contributed by atoms with Gasteiger partial charge in [0.2, 0.25) is 0 Å². The van der Waals surface area contributed by atoms with E-state index in [9.17, 15) is 4.79 Å². The number of rotatable bonds is 1. The minimum Gasteiger partial charge on any atom is -0.483 e. The molecule has 0 aromatic heterocycles. The molecule has 776 valence electrons. The molecule has 0 spiro atoms. The molecule has 0 rings (SSSR count). The monoisotopic (exact) mass is 15200 g/mol. The van der Waals surface area contributed by atoms with Crippen molar-refractivity contribution in [2.45, 2.75) is 40.5 Å². The van der Waals surface area contributed by atoms with Gasteiger partial charge >= 0.3 is 5.97 Å². The second-order valence-electron chi connectivity index (χ2n) is 2.08. The average Bonchev–Trinajstić information content (AvgIpc) is 2.22. The SMILES string of the molecule is C=C.CC(=O)O.CCC.CCC(=O)O.O=CO.[Fe].[Fe].[Fe].[Fe].[Fe].[Fe].[Fe].[Fe].[Fe].[Fe].[Fe].[Fe].[Fe].[Fe].[Fe].[Fe].[Fe].[Fe].[Fe].[Fe].[Fe].[Fe].[Fe].[Fe].[Fe].[Fe].[Fe].[Fe].[Fe].[Fe].[W].[W].[W].[W].[W].[W].[W].[W].[W].[W].[W].[W].[W].[W].[W].[W].[W].[W].[W].[W].[W].[W].[W].[W].[W].[W].[W].[W].[W].[W].[W].[W].[W].[W].[W].[W].[W].[W].[W].[W].[W].[W].[W].[W].[W].[W].[W].[W].[W].[W].[W].[W].[W].[W].[W].[W].[W].[W].[W].[W].[W].[W].[W].[W].[W].[W].[W].[W].[W].[W].[W].[W]. The van der Waals surface area contributed by atoms with Gasteiger partial charge in [0.1, 0.15) is 0 Å². The Morgan fingerprint density at radius 2 is 0.185 bits per heavy atom. The van der Waals surface area contributed by atoms with Gasteiger partial charge < -0.3 is 15.3 Å². The van der Waals surface area contributed by atoms with Crippen LogP contribution in [0.1, 0.15) is 40.5 Å². The van der Waals surface area contributed by atoms with Crippen molar-refractivity contribution in [1.29, 1.82) is 0 Å². The van der Waals surface area contributed by atoms with Crippen molar-refractivity contribution >= 4 is 18.4 Å². The van der Waals surface area contributed by atoms with Crippen molar-refractivity contribution in [2.75, 3.05) is 0 Å². The van der Waals surface area contributed by atoms with Crippen LogP contribution in [-0.4, -0.2) is 33.7 Å². The van der Waals surface area contributed by atoms with Gasteiger partial charge in [0, 0.05) is 2040 Å². The number of carboxylic acids is 2. The summed E-state index contributed by atoms with van der Waals surface area (Å²) in [6.07, 6.45) is 1.47. The van der Waals surface area contributed by atoms with Crippen LogP contribution in [0, 0.1) is 0 Å². The second-order valence-corrected chi connectivity index (χ2v) is 2.08. The van der Waals surface area contributed by atoms with E-state index in [0.29, 0.717) is 0 Å². The Morgan fingerprint density at radius 3 is 0.185 bits per heavy atom. The van der Waals surface area contributed by atoms with E-state index < -0.39 is 11.9 Å². The van der Waals surface area contributed by atoms with E-state index >= 15 is 0 Å². The first kappa shape index (κ1) is 1060. The van der Waals surface area contributed by atoms with Gasteiger partial charge in [-0.2, -0.15) is 0 Å². The molecule has 0 atom stereocenters. The molecule has 0 amide bonds. The summed E-state index contributed by atoms with van der Waals surface area (Å²) < 4.78 is 0. The van der Waals surface area contributed by atoms with Crippen LogP contribution in [0.3, 0.4) is 0 Å². The molecule has 0 aliphatic rings. The fourth-order valence-electron chi connectivity index (χ4n) is 0. The summed E-state index contributed by atoms with van der Waals surface area (Å²) in [5.74, 6) is -1.58. The number of hydrogen-bond donors (Lipinski definition) is 3. The topological polar surface area (TPSA) is 112 Å². The van der Waals surface area contributed by atoms with Crippen molar-refractivity contribution in [1.82, 2.24) is 0 Å². The summed E-state index contributed by atoms with van der Waals surface area (Å²) in [7, 11) is 0. The van der Waals surface area contributed by atoms with Gasteiger partial charge in [-0.15, -0.1) is 13.2 Å². The minimum absolute atomic E-state index is 0. The summed E-state index contributed by atoms with van der Waals surface area (Å²) in [5.41, 5.74) is 0. The predicted molar refractivity (Wildman–Crippen MR) is 67.1 cm³/mol. The molecule has 0 aromatic rings. The largest absolute Gasteiger partial charge is 0.483 e. The van der Waals surface area contributed by atoms with Crippen molar-refractivity contribution in [2.24, 2.45) is 0 Å². The smallest absolute Gasteiger partial charge is 0.303 e. The zero-order valence-electron chi connectivity index (χ0n) is 51.0. The molecule has 119 heavy (non-hydrogen) atoms.